The lowest BCUT2D eigenvalue weighted by Crippen LogP contribution is -2.17. The standard InChI is InChI=1S/C14H18ClNO/c1-5-14(15)11(4)16-10(3)12-6-9(2)7-13(17)8-12/h5-8,10,16-17H,4H2,1-3H3/b14-5+. The van der Waals surface area contributed by atoms with Crippen LogP contribution in [0.2, 0.25) is 0 Å². The van der Waals surface area contributed by atoms with Crippen molar-refractivity contribution < 1.29 is 5.11 Å². The number of hydrogen-bond donors (Lipinski definition) is 2. The molecule has 0 aliphatic carbocycles. The Labute approximate surface area is 108 Å². The highest BCUT2D eigenvalue weighted by Crippen LogP contribution is 2.22. The molecule has 0 aliphatic rings. The van der Waals surface area contributed by atoms with Gasteiger partial charge in [0, 0.05) is 11.7 Å². The molecule has 3 heteroatoms. The number of hydrogen-bond acceptors (Lipinski definition) is 2. The molecule has 0 saturated heterocycles. The van der Waals surface area contributed by atoms with E-state index in [1.807, 2.05) is 26.8 Å². The van der Waals surface area contributed by atoms with Gasteiger partial charge in [-0.3, -0.25) is 0 Å². The Bertz CT molecular complexity index is 431. The van der Waals surface area contributed by atoms with Crippen LogP contribution < -0.4 is 5.32 Å². The Balaban J connectivity index is 2.83. The molecule has 1 aromatic carbocycles. The van der Waals surface area contributed by atoms with Gasteiger partial charge in [-0.2, -0.15) is 0 Å². The van der Waals surface area contributed by atoms with Crippen LogP contribution in [0.4, 0.5) is 0 Å². The molecule has 17 heavy (non-hydrogen) atoms. The van der Waals surface area contributed by atoms with Gasteiger partial charge in [0.15, 0.2) is 0 Å². The summed E-state index contributed by atoms with van der Waals surface area (Å²) < 4.78 is 0. The molecule has 1 atom stereocenters. The van der Waals surface area contributed by atoms with Crippen molar-refractivity contribution >= 4 is 11.6 Å². The van der Waals surface area contributed by atoms with Crippen LogP contribution in [0.15, 0.2) is 41.6 Å². The quantitative estimate of drug-likeness (QED) is 0.793. The second-order valence-electron chi connectivity index (χ2n) is 4.08. The van der Waals surface area contributed by atoms with E-state index in [9.17, 15) is 5.11 Å². The third-order valence-corrected chi connectivity index (χ3v) is 2.96. The lowest BCUT2D eigenvalue weighted by atomic mass is 10.0. The van der Waals surface area contributed by atoms with E-state index in [0.29, 0.717) is 10.7 Å². The van der Waals surface area contributed by atoms with Gasteiger partial charge in [-0.15, -0.1) is 0 Å². The summed E-state index contributed by atoms with van der Waals surface area (Å²) in [5.41, 5.74) is 2.71. The van der Waals surface area contributed by atoms with Gasteiger partial charge >= 0.3 is 0 Å². The summed E-state index contributed by atoms with van der Waals surface area (Å²) >= 11 is 5.96. The molecule has 92 valence electrons. The second kappa shape index (κ2) is 5.78. The van der Waals surface area contributed by atoms with Crippen LogP contribution in [-0.4, -0.2) is 5.11 Å². The van der Waals surface area contributed by atoms with Gasteiger partial charge in [0.25, 0.3) is 0 Å². The van der Waals surface area contributed by atoms with Crippen molar-refractivity contribution in [3.63, 3.8) is 0 Å². The molecule has 0 radical (unpaired) electrons. The van der Waals surface area contributed by atoms with E-state index in [-0.39, 0.29) is 11.8 Å². The van der Waals surface area contributed by atoms with Crippen LogP contribution in [0.3, 0.4) is 0 Å². The average Bonchev–Trinajstić information content (AvgIpc) is 2.26. The monoisotopic (exact) mass is 251 g/mol. The van der Waals surface area contributed by atoms with Crippen LogP contribution >= 0.6 is 11.6 Å². The smallest absolute Gasteiger partial charge is 0.116 e. The number of aryl methyl sites for hydroxylation is 1. The predicted molar refractivity (Wildman–Crippen MR) is 73.1 cm³/mol. The predicted octanol–water partition coefficient (Wildman–Crippen LogP) is 4.01. The summed E-state index contributed by atoms with van der Waals surface area (Å²) in [4.78, 5) is 0. The van der Waals surface area contributed by atoms with E-state index in [1.165, 1.54) is 0 Å². The van der Waals surface area contributed by atoms with Crippen molar-refractivity contribution in [3.8, 4) is 5.75 Å². The first kappa shape index (κ1) is 13.7. The Kier molecular flexibility index (Phi) is 4.64. The molecule has 0 bridgehead atoms. The van der Waals surface area contributed by atoms with Crippen LogP contribution in [-0.2, 0) is 0 Å². The molecule has 0 heterocycles. The van der Waals surface area contributed by atoms with E-state index in [2.05, 4.69) is 11.9 Å². The van der Waals surface area contributed by atoms with Gasteiger partial charge < -0.3 is 10.4 Å². The topological polar surface area (TPSA) is 32.3 Å². The molecular weight excluding hydrogens is 234 g/mol. The largest absolute Gasteiger partial charge is 0.508 e. The number of aromatic hydroxyl groups is 1. The first-order valence-corrected chi connectivity index (χ1v) is 5.90. The summed E-state index contributed by atoms with van der Waals surface area (Å²) in [7, 11) is 0. The fourth-order valence-electron chi connectivity index (χ4n) is 1.63. The number of phenols is 1. The minimum atomic E-state index is 0.0435. The molecule has 1 unspecified atom stereocenters. The highest BCUT2D eigenvalue weighted by Gasteiger charge is 2.08. The van der Waals surface area contributed by atoms with Crippen LogP contribution in [0, 0.1) is 6.92 Å². The van der Waals surface area contributed by atoms with Crippen molar-refractivity contribution in [3.05, 3.63) is 52.7 Å². The Morgan fingerprint density at radius 2 is 2.12 bits per heavy atom. The highest BCUT2D eigenvalue weighted by atomic mass is 35.5. The minimum Gasteiger partial charge on any atom is -0.508 e. The first-order valence-electron chi connectivity index (χ1n) is 5.52. The third-order valence-electron chi connectivity index (χ3n) is 2.52. The lowest BCUT2D eigenvalue weighted by molar-refractivity contribution is 0.472. The van der Waals surface area contributed by atoms with Crippen molar-refractivity contribution in [1.29, 1.82) is 0 Å². The number of phenolic OH excluding ortho intramolecular Hbond substituents is 1. The van der Waals surface area contributed by atoms with Crippen LogP contribution in [0.1, 0.15) is 31.0 Å². The van der Waals surface area contributed by atoms with E-state index in [4.69, 9.17) is 11.6 Å². The number of rotatable bonds is 4. The average molecular weight is 252 g/mol. The van der Waals surface area contributed by atoms with E-state index in [1.54, 1.807) is 18.2 Å². The fourth-order valence-corrected chi connectivity index (χ4v) is 1.68. The van der Waals surface area contributed by atoms with Crippen molar-refractivity contribution in [2.75, 3.05) is 0 Å². The zero-order valence-corrected chi connectivity index (χ0v) is 11.2. The van der Waals surface area contributed by atoms with Crippen LogP contribution in [0.5, 0.6) is 5.75 Å². The van der Waals surface area contributed by atoms with Crippen molar-refractivity contribution in [2.45, 2.75) is 26.8 Å². The fraction of sp³-hybridized carbons (Fsp3) is 0.286. The maximum Gasteiger partial charge on any atom is 0.116 e. The summed E-state index contributed by atoms with van der Waals surface area (Å²) in [5, 5.41) is 13.3. The zero-order chi connectivity index (χ0) is 13.0. The van der Waals surface area contributed by atoms with Gasteiger partial charge in [-0.1, -0.05) is 30.3 Å². The van der Waals surface area contributed by atoms with Crippen molar-refractivity contribution in [2.24, 2.45) is 0 Å². The first-order chi connectivity index (χ1) is 7.93. The number of nitrogens with one attached hydrogen (secondary N) is 1. The Hall–Kier alpha value is -1.41. The molecule has 0 spiro atoms. The van der Waals surface area contributed by atoms with Gasteiger partial charge in [-0.05, 0) is 44.0 Å². The molecule has 0 aliphatic heterocycles. The highest BCUT2D eigenvalue weighted by molar-refractivity contribution is 6.31. The Morgan fingerprint density at radius 3 is 2.65 bits per heavy atom. The maximum absolute atomic E-state index is 9.54. The lowest BCUT2D eigenvalue weighted by Gasteiger charge is -2.18. The van der Waals surface area contributed by atoms with Gasteiger partial charge in [0.2, 0.25) is 0 Å². The molecule has 0 aromatic heterocycles. The number of halogens is 1. The SMILES string of the molecule is C=C(NC(C)c1cc(C)cc(O)c1)/C(Cl)=C\C. The van der Waals surface area contributed by atoms with Gasteiger partial charge in [0.05, 0.1) is 5.03 Å². The van der Waals surface area contributed by atoms with Crippen molar-refractivity contribution in [1.82, 2.24) is 5.32 Å². The molecule has 2 nitrogen and oxygen atoms in total. The maximum atomic E-state index is 9.54. The summed E-state index contributed by atoms with van der Waals surface area (Å²) in [6, 6.07) is 5.53. The second-order valence-corrected chi connectivity index (χ2v) is 4.49. The van der Waals surface area contributed by atoms with Crippen LogP contribution in [0.25, 0.3) is 0 Å². The molecule has 0 amide bonds. The van der Waals surface area contributed by atoms with E-state index in [0.717, 1.165) is 11.1 Å². The van der Waals surface area contributed by atoms with E-state index < -0.39 is 0 Å². The number of benzene rings is 1. The van der Waals surface area contributed by atoms with Gasteiger partial charge in [0.1, 0.15) is 5.75 Å². The van der Waals surface area contributed by atoms with E-state index >= 15 is 0 Å². The normalized spacial score (nSPS) is 13.3. The molecule has 0 fully saturated rings. The molecular formula is C14H18ClNO. The molecule has 2 N–H and O–H groups in total. The summed E-state index contributed by atoms with van der Waals surface area (Å²) in [5.74, 6) is 0.274. The number of allylic oxidation sites excluding steroid dienone is 2. The molecule has 0 saturated carbocycles. The zero-order valence-electron chi connectivity index (χ0n) is 10.4. The molecule has 1 aromatic rings. The summed E-state index contributed by atoms with van der Waals surface area (Å²) in [6.45, 7) is 9.67. The van der Waals surface area contributed by atoms with Gasteiger partial charge in [-0.25, -0.2) is 0 Å². The Morgan fingerprint density at radius 1 is 1.47 bits per heavy atom. The molecule has 1 rings (SSSR count). The summed E-state index contributed by atoms with van der Waals surface area (Å²) in [6.07, 6.45) is 1.79. The third kappa shape index (κ3) is 3.82. The minimum absolute atomic E-state index is 0.0435.